The number of aromatic nitrogens is 3. The van der Waals surface area contributed by atoms with Gasteiger partial charge in [-0.25, -0.2) is 4.98 Å². The first kappa shape index (κ1) is 21.7. The fraction of sp³-hybridized carbons (Fsp3) is 0.583. The molecule has 0 radical (unpaired) electrons. The summed E-state index contributed by atoms with van der Waals surface area (Å²) in [6.07, 6.45) is 13.9. The zero-order valence-corrected chi connectivity index (χ0v) is 18.6. The number of carbonyl (C=O) groups is 1. The highest BCUT2D eigenvalue weighted by Crippen LogP contribution is 2.33. The summed E-state index contributed by atoms with van der Waals surface area (Å²) in [6.45, 7) is 6.24. The van der Waals surface area contributed by atoms with Gasteiger partial charge in [0.05, 0.1) is 17.9 Å². The van der Waals surface area contributed by atoms with Crippen molar-refractivity contribution in [2.24, 2.45) is 0 Å². The standard InChI is InChI=1S/C24H34N6O/c1-19-16-20(28-23-18-25-10-11-26-23)17-21(27-19)22-8-6-15-30(22)24(31)9-7-14-29-12-4-2-3-5-13-29/h10-11,16-18,22H,2-9,12-15H2,1H3,(H,26,27,28)/t22-/m0/s1. The summed E-state index contributed by atoms with van der Waals surface area (Å²) in [4.78, 5) is 30.8. The maximum Gasteiger partial charge on any atom is 0.223 e. The van der Waals surface area contributed by atoms with Gasteiger partial charge in [-0.1, -0.05) is 12.8 Å². The second kappa shape index (κ2) is 10.7. The SMILES string of the molecule is Cc1cc(Nc2cnccn2)cc([C@@H]2CCCN2C(=O)CCCN2CCCCCC2)n1. The molecule has 0 unspecified atom stereocenters. The molecule has 7 heteroatoms. The molecule has 4 rings (SSSR count). The number of amides is 1. The largest absolute Gasteiger partial charge is 0.339 e. The van der Waals surface area contributed by atoms with E-state index in [1.54, 1.807) is 18.6 Å². The Morgan fingerprint density at radius 2 is 1.94 bits per heavy atom. The minimum absolute atomic E-state index is 0.0630. The number of carbonyl (C=O) groups excluding carboxylic acids is 1. The summed E-state index contributed by atoms with van der Waals surface area (Å²) < 4.78 is 0. The van der Waals surface area contributed by atoms with Crippen molar-refractivity contribution in [3.05, 3.63) is 42.1 Å². The first-order chi connectivity index (χ1) is 15.2. The first-order valence-electron chi connectivity index (χ1n) is 11.7. The topological polar surface area (TPSA) is 74.2 Å². The van der Waals surface area contributed by atoms with Crippen LogP contribution in [0, 0.1) is 6.92 Å². The van der Waals surface area contributed by atoms with E-state index in [-0.39, 0.29) is 11.9 Å². The Morgan fingerprint density at radius 1 is 1.10 bits per heavy atom. The normalized spacial score (nSPS) is 19.9. The molecule has 2 saturated heterocycles. The summed E-state index contributed by atoms with van der Waals surface area (Å²) in [5.41, 5.74) is 2.83. The summed E-state index contributed by atoms with van der Waals surface area (Å²) in [6, 6.07) is 4.11. The van der Waals surface area contributed by atoms with Crippen LogP contribution in [0.4, 0.5) is 11.5 Å². The van der Waals surface area contributed by atoms with Gasteiger partial charge < -0.3 is 15.1 Å². The molecule has 7 nitrogen and oxygen atoms in total. The van der Waals surface area contributed by atoms with Crippen molar-refractivity contribution >= 4 is 17.4 Å². The van der Waals surface area contributed by atoms with Crippen molar-refractivity contribution in [3.63, 3.8) is 0 Å². The zero-order valence-electron chi connectivity index (χ0n) is 18.6. The molecule has 2 aliphatic rings. The zero-order chi connectivity index (χ0) is 21.5. The highest BCUT2D eigenvalue weighted by Gasteiger charge is 2.31. The van der Waals surface area contributed by atoms with Crippen molar-refractivity contribution in [3.8, 4) is 0 Å². The Morgan fingerprint density at radius 3 is 2.71 bits per heavy atom. The number of likely N-dealkylation sites (tertiary alicyclic amines) is 2. The van der Waals surface area contributed by atoms with Gasteiger partial charge in [0.25, 0.3) is 0 Å². The number of pyridine rings is 1. The van der Waals surface area contributed by atoms with Crippen LogP contribution in [0.25, 0.3) is 0 Å². The predicted molar refractivity (Wildman–Crippen MR) is 122 cm³/mol. The van der Waals surface area contributed by atoms with Gasteiger partial charge in [-0.2, -0.15) is 0 Å². The molecule has 166 valence electrons. The quantitative estimate of drug-likeness (QED) is 0.719. The Balaban J connectivity index is 1.37. The summed E-state index contributed by atoms with van der Waals surface area (Å²) >= 11 is 0. The van der Waals surface area contributed by atoms with E-state index in [2.05, 4.69) is 31.2 Å². The number of nitrogens with one attached hydrogen (secondary N) is 1. The number of hydrogen-bond donors (Lipinski definition) is 1. The molecule has 2 aliphatic heterocycles. The van der Waals surface area contributed by atoms with Crippen LogP contribution in [0.2, 0.25) is 0 Å². The van der Waals surface area contributed by atoms with Crippen LogP contribution in [-0.4, -0.2) is 56.8 Å². The Kier molecular flexibility index (Phi) is 7.46. The van der Waals surface area contributed by atoms with Gasteiger partial charge in [0, 0.05) is 36.7 Å². The monoisotopic (exact) mass is 422 g/mol. The fourth-order valence-corrected chi connectivity index (χ4v) is 4.78. The molecule has 2 fully saturated rings. The summed E-state index contributed by atoms with van der Waals surface area (Å²) in [5.74, 6) is 0.969. The Bertz CT molecular complexity index is 850. The fourth-order valence-electron chi connectivity index (χ4n) is 4.78. The molecular weight excluding hydrogens is 388 g/mol. The van der Waals surface area contributed by atoms with Crippen LogP contribution < -0.4 is 5.32 Å². The van der Waals surface area contributed by atoms with Crippen molar-refractivity contribution in [2.45, 2.75) is 64.3 Å². The molecule has 0 aliphatic carbocycles. The van der Waals surface area contributed by atoms with Crippen molar-refractivity contribution < 1.29 is 4.79 Å². The van der Waals surface area contributed by atoms with Crippen LogP contribution in [0.3, 0.4) is 0 Å². The van der Waals surface area contributed by atoms with E-state index >= 15 is 0 Å². The van der Waals surface area contributed by atoms with Gasteiger partial charge in [0.15, 0.2) is 0 Å². The van der Waals surface area contributed by atoms with Crippen molar-refractivity contribution in [1.82, 2.24) is 24.8 Å². The molecule has 1 atom stereocenters. The van der Waals surface area contributed by atoms with Gasteiger partial charge in [-0.15, -0.1) is 0 Å². The molecule has 1 amide bonds. The third-order valence-electron chi connectivity index (χ3n) is 6.29. The Labute approximate surface area is 185 Å². The lowest BCUT2D eigenvalue weighted by molar-refractivity contribution is -0.132. The molecule has 4 heterocycles. The lowest BCUT2D eigenvalue weighted by Gasteiger charge is -2.26. The van der Waals surface area contributed by atoms with Crippen molar-refractivity contribution in [2.75, 3.05) is 31.5 Å². The van der Waals surface area contributed by atoms with Crippen LogP contribution in [-0.2, 0) is 4.79 Å². The van der Waals surface area contributed by atoms with E-state index in [1.165, 1.54) is 38.8 Å². The number of nitrogens with zero attached hydrogens (tertiary/aromatic N) is 5. The van der Waals surface area contributed by atoms with E-state index < -0.39 is 0 Å². The maximum absolute atomic E-state index is 13.0. The molecular formula is C24H34N6O. The second-order valence-corrected chi connectivity index (χ2v) is 8.74. The number of hydrogen-bond acceptors (Lipinski definition) is 6. The lowest BCUT2D eigenvalue weighted by atomic mass is 10.1. The van der Waals surface area contributed by atoms with Crippen LogP contribution in [0.1, 0.15) is 68.8 Å². The van der Waals surface area contributed by atoms with Gasteiger partial charge >= 0.3 is 0 Å². The first-order valence-corrected chi connectivity index (χ1v) is 11.7. The van der Waals surface area contributed by atoms with E-state index in [1.807, 2.05) is 13.0 Å². The highest BCUT2D eigenvalue weighted by molar-refractivity contribution is 5.77. The van der Waals surface area contributed by atoms with Gasteiger partial charge in [-0.3, -0.25) is 14.8 Å². The predicted octanol–water partition coefficient (Wildman–Crippen LogP) is 4.24. The molecule has 0 spiro atoms. The molecule has 31 heavy (non-hydrogen) atoms. The molecule has 1 N–H and O–H groups in total. The van der Waals surface area contributed by atoms with Crippen LogP contribution in [0.5, 0.6) is 0 Å². The average Bonchev–Trinajstić information content (AvgIpc) is 3.12. The average molecular weight is 423 g/mol. The number of anilines is 2. The van der Waals surface area contributed by atoms with Gasteiger partial charge in [-0.05, 0) is 70.8 Å². The van der Waals surface area contributed by atoms with Crippen molar-refractivity contribution in [1.29, 1.82) is 0 Å². The van der Waals surface area contributed by atoms with E-state index in [4.69, 9.17) is 4.98 Å². The van der Waals surface area contributed by atoms with Gasteiger partial charge in [0.2, 0.25) is 5.91 Å². The third kappa shape index (κ3) is 6.00. The third-order valence-corrected chi connectivity index (χ3v) is 6.29. The second-order valence-electron chi connectivity index (χ2n) is 8.74. The molecule has 0 saturated carbocycles. The maximum atomic E-state index is 13.0. The van der Waals surface area contributed by atoms with E-state index in [0.29, 0.717) is 12.2 Å². The number of aryl methyl sites for hydroxylation is 1. The Hall–Kier alpha value is -2.54. The highest BCUT2D eigenvalue weighted by atomic mass is 16.2. The smallest absolute Gasteiger partial charge is 0.223 e. The van der Waals surface area contributed by atoms with Gasteiger partial charge in [0.1, 0.15) is 5.82 Å². The van der Waals surface area contributed by atoms with E-state index in [9.17, 15) is 4.79 Å². The molecule has 2 aromatic heterocycles. The summed E-state index contributed by atoms with van der Waals surface area (Å²) in [5, 5.41) is 3.31. The van der Waals surface area contributed by atoms with E-state index in [0.717, 1.165) is 49.4 Å². The van der Waals surface area contributed by atoms with Crippen LogP contribution >= 0.6 is 0 Å². The minimum Gasteiger partial charge on any atom is -0.339 e. The molecule has 0 aromatic carbocycles. The minimum atomic E-state index is 0.0630. The lowest BCUT2D eigenvalue weighted by Crippen LogP contribution is -2.32. The molecule has 0 bridgehead atoms. The van der Waals surface area contributed by atoms with Crippen LogP contribution in [0.15, 0.2) is 30.7 Å². The summed E-state index contributed by atoms with van der Waals surface area (Å²) in [7, 11) is 0. The number of rotatable bonds is 7. The molecule has 2 aromatic rings.